The maximum Gasteiger partial charge on any atom is 0.146 e. The first-order valence-corrected chi connectivity index (χ1v) is 7.30. The van der Waals surface area contributed by atoms with Crippen LogP contribution in [0.2, 0.25) is 5.02 Å². The summed E-state index contributed by atoms with van der Waals surface area (Å²) in [6, 6.07) is 0. The summed E-state index contributed by atoms with van der Waals surface area (Å²) in [5.41, 5.74) is 1.45. The molecule has 19 heavy (non-hydrogen) atoms. The summed E-state index contributed by atoms with van der Waals surface area (Å²) < 4.78 is 1.75. The smallest absolute Gasteiger partial charge is 0.146 e. The predicted molar refractivity (Wildman–Crippen MR) is 76.5 cm³/mol. The van der Waals surface area contributed by atoms with Crippen LogP contribution in [0.15, 0.2) is 0 Å². The first-order chi connectivity index (χ1) is 8.98. The normalized spacial score (nSPS) is 23.6. The Morgan fingerprint density at radius 2 is 2.32 bits per heavy atom. The van der Waals surface area contributed by atoms with E-state index in [0.29, 0.717) is 11.4 Å². The van der Waals surface area contributed by atoms with Crippen molar-refractivity contribution in [1.82, 2.24) is 15.1 Å². The van der Waals surface area contributed by atoms with Crippen molar-refractivity contribution < 1.29 is 4.79 Å². The third-order valence-corrected chi connectivity index (χ3v) is 4.54. The van der Waals surface area contributed by atoms with Crippen LogP contribution in [0.3, 0.4) is 0 Å². The molecule has 2 rings (SSSR count). The quantitative estimate of drug-likeness (QED) is 0.921. The monoisotopic (exact) mass is 283 g/mol. The molecule has 1 saturated heterocycles. The zero-order valence-electron chi connectivity index (χ0n) is 11.9. The fourth-order valence-corrected chi connectivity index (χ4v) is 3.03. The minimum Gasteiger partial charge on any atom is -0.316 e. The molecule has 1 unspecified atom stereocenters. The molecule has 0 bridgehead atoms. The van der Waals surface area contributed by atoms with Crippen molar-refractivity contribution >= 4 is 17.4 Å². The minimum absolute atomic E-state index is 0.257. The Balaban J connectivity index is 2.16. The highest BCUT2D eigenvalue weighted by molar-refractivity contribution is 6.32. The summed E-state index contributed by atoms with van der Waals surface area (Å²) in [5.74, 6) is 0.257. The highest BCUT2D eigenvalue weighted by Crippen LogP contribution is 2.30. The second-order valence-corrected chi connectivity index (χ2v) is 6.00. The molecule has 1 aliphatic heterocycles. The second-order valence-electron chi connectivity index (χ2n) is 5.63. The number of hydrogen-bond donors (Lipinski definition) is 1. The number of rotatable bonds is 4. The Hall–Kier alpha value is -0.870. The van der Waals surface area contributed by atoms with Crippen LogP contribution in [0.5, 0.6) is 0 Å². The van der Waals surface area contributed by atoms with E-state index in [9.17, 15) is 4.79 Å². The zero-order chi connectivity index (χ0) is 14.0. The van der Waals surface area contributed by atoms with E-state index in [-0.39, 0.29) is 11.2 Å². The lowest BCUT2D eigenvalue weighted by molar-refractivity contribution is -0.128. The fourth-order valence-electron chi connectivity index (χ4n) is 2.67. The van der Waals surface area contributed by atoms with Crippen molar-refractivity contribution in [2.24, 2.45) is 12.5 Å². The number of piperidine rings is 1. The molecule has 0 radical (unpaired) electrons. The van der Waals surface area contributed by atoms with Crippen LogP contribution in [0, 0.1) is 5.41 Å². The first-order valence-electron chi connectivity index (χ1n) is 6.92. The van der Waals surface area contributed by atoms with Crippen LogP contribution < -0.4 is 5.32 Å². The number of aryl methyl sites for hydroxylation is 2. The lowest BCUT2D eigenvalue weighted by atomic mass is 9.77. The van der Waals surface area contributed by atoms with Gasteiger partial charge in [0.25, 0.3) is 0 Å². The molecule has 4 nitrogen and oxygen atoms in total. The van der Waals surface area contributed by atoms with Crippen LogP contribution in [-0.2, 0) is 24.7 Å². The molecule has 1 aliphatic rings. The fraction of sp³-hybridized carbons (Fsp3) is 0.714. The average molecular weight is 284 g/mol. The van der Waals surface area contributed by atoms with Gasteiger partial charge in [0.05, 0.1) is 22.8 Å². The van der Waals surface area contributed by atoms with Gasteiger partial charge in [0.2, 0.25) is 0 Å². The molecule has 0 spiro atoms. The van der Waals surface area contributed by atoms with Gasteiger partial charge < -0.3 is 5.32 Å². The van der Waals surface area contributed by atoms with Crippen LogP contribution >= 0.6 is 11.6 Å². The summed E-state index contributed by atoms with van der Waals surface area (Å²) >= 11 is 6.31. The topological polar surface area (TPSA) is 46.9 Å². The molecule has 1 aromatic rings. The molecule has 1 atom stereocenters. The molecule has 0 amide bonds. The number of halogens is 1. The van der Waals surface area contributed by atoms with Gasteiger partial charge in [0.1, 0.15) is 5.78 Å². The van der Waals surface area contributed by atoms with E-state index in [0.717, 1.165) is 43.7 Å². The van der Waals surface area contributed by atoms with Crippen molar-refractivity contribution in [3.8, 4) is 0 Å². The number of Topliss-reactive ketones (excluding diaryl/α,β-unsaturated/α-hetero) is 1. The molecule has 0 aliphatic carbocycles. The minimum atomic E-state index is -0.266. The molecule has 1 aromatic heterocycles. The van der Waals surface area contributed by atoms with Gasteiger partial charge >= 0.3 is 0 Å². The van der Waals surface area contributed by atoms with Crippen molar-refractivity contribution in [1.29, 1.82) is 0 Å². The van der Waals surface area contributed by atoms with Gasteiger partial charge in [0.15, 0.2) is 0 Å². The van der Waals surface area contributed by atoms with E-state index in [1.807, 2.05) is 20.9 Å². The lowest BCUT2D eigenvalue weighted by Gasteiger charge is -2.32. The van der Waals surface area contributed by atoms with Crippen molar-refractivity contribution in [2.75, 3.05) is 13.1 Å². The summed E-state index contributed by atoms with van der Waals surface area (Å²) in [4.78, 5) is 12.6. The molecular formula is C14H22ClN3O. The van der Waals surface area contributed by atoms with E-state index in [1.165, 1.54) is 0 Å². The number of nitrogens with one attached hydrogen (secondary N) is 1. The predicted octanol–water partition coefficient (Wildman–Crippen LogP) is 2.14. The maximum atomic E-state index is 12.6. The highest BCUT2D eigenvalue weighted by Gasteiger charge is 2.35. The number of aromatic nitrogens is 2. The van der Waals surface area contributed by atoms with Crippen molar-refractivity contribution in [3.05, 3.63) is 16.4 Å². The Morgan fingerprint density at radius 3 is 2.84 bits per heavy atom. The van der Waals surface area contributed by atoms with Crippen LogP contribution in [0.4, 0.5) is 0 Å². The van der Waals surface area contributed by atoms with Gasteiger partial charge in [-0.3, -0.25) is 9.48 Å². The van der Waals surface area contributed by atoms with Crippen molar-refractivity contribution in [3.63, 3.8) is 0 Å². The SMILES string of the molecule is CCc1nn(C)c(CC(=O)C2(C)CCCNC2)c1Cl. The van der Waals surface area contributed by atoms with Gasteiger partial charge in [-0.15, -0.1) is 0 Å². The Labute approximate surface area is 119 Å². The van der Waals surface area contributed by atoms with Crippen LogP contribution in [-0.4, -0.2) is 28.7 Å². The first kappa shape index (κ1) is 14.5. The number of ketones is 1. The van der Waals surface area contributed by atoms with Crippen LogP contribution in [0.1, 0.15) is 38.1 Å². The molecule has 0 saturated carbocycles. The standard InChI is InChI=1S/C14H22ClN3O/c1-4-10-13(15)11(18(3)17-10)8-12(19)14(2)6-5-7-16-9-14/h16H,4-9H2,1-3H3. The van der Waals surface area contributed by atoms with E-state index >= 15 is 0 Å². The number of nitrogens with zero attached hydrogens (tertiary/aromatic N) is 2. The average Bonchev–Trinajstić information content (AvgIpc) is 2.67. The largest absolute Gasteiger partial charge is 0.316 e. The van der Waals surface area contributed by atoms with E-state index in [2.05, 4.69) is 10.4 Å². The highest BCUT2D eigenvalue weighted by atomic mass is 35.5. The summed E-state index contributed by atoms with van der Waals surface area (Å²) in [5, 5.41) is 8.34. The molecule has 0 aromatic carbocycles. The van der Waals surface area contributed by atoms with Gasteiger partial charge in [0, 0.05) is 19.0 Å². The van der Waals surface area contributed by atoms with Gasteiger partial charge in [-0.2, -0.15) is 5.10 Å². The van der Waals surface area contributed by atoms with E-state index < -0.39 is 0 Å². The number of carbonyl (C=O) groups excluding carboxylic acids is 1. The van der Waals surface area contributed by atoms with Gasteiger partial charge in [-0.05, 0) is 25.8 Å². The Kier molecular flexibility index (Phi) is 4.31. The van der Waals surface area contributed by atoms with E-state index in [4.69, 9.17) is 11.6 Å². The van der Waals surface area contributed by atoms with Crippen molar-refractivity contribution in [2.45, 2.75) is 39.5 Å². The molecule has 106 valence electrons. The molecule has 5 heteroatoms. The Bertz CT molecular complexity index is 475. The summed E-state index contributed by atoms with van der Waals surface area (Å²) in [6.07, 6.45) is 3.18. The molecule has 2 heterocycles. The summed E-state index contributed by atoms with van der Waals surface area (Å²) in [6.45, 7) is 5.84. The number of carbonyl (C=O) groups is 1. The zero-order valence-corrected chi connectivity index (χ0v) is 12.7. The summed E-state index contributed by atoms with van der Waals surface area (Å²) in [7, 11) is 1.86. The molecule has 1 N–H and O–H groups in total. The lowest BCUT2D eigenvalue weighted by Crippen LogP contribution is -2.44. The second kappa shape index (κ2) is 5.63. The third-order valence-electron chi connectivity index (χ3n) is 4.10. The molecular weight excluding hydrogens is 262 g/mol. The van der Waals surface area contributed by atoms with Crippen LogP contribution in [0.25, 0.3) is 0 Å². The van der Waals surface area contributed by atoms with Gasteiger partial charge in [-0.25, -0.2) is 0 Å². The third kappa shape index (κ3) is 2.84. The van der Waals surface area contributed by atoms with E-state index in [1.54, 1.807) is 4.68 Å². The molecule has 1 fully saturated rings. The maximum absolute atomic E-state index is 12.6. The number of hydrogen-bond acceptors (Lipinski definition) is 3. The Morgan fingerprint density at radius 1 is 1.58 bits per heavy atom. The van der Waals surface area contributed by atoms with Gasteiger partial charge in [-0.1, -0.05) is 25.4 Å².